The van der Waals surface area contributed by atoms with E-state index >= 15 is 0 Å². The van der Waals surface area contributed by atoms with Crippen LogP contribution in [-0.4, -0.2) is 10.1 Å². The fourth-order valence-electron chi connectivity index (χ4n) is 0.800. The number of aromatic nitrogens is 2. The zero-order valence-corrected chi connectivity index (χ0v) is 5.94. The van der Waals surface area contributed by atoms with Crippen LogP contribution in [0.5, 0.6) is 0 Å². The van der Waals surface area contributed by atoms with Crippen molar-refractivity contribution in [2.24, 2.45) is 0 Å². The molecule has 0 aliphatic heterocycles. The maximum Gasteiger partial charge on any atom is 0.261 e. The molecule has 0 radical (unpaired) electrons. The van der Waals surface area contributed by atoms with Gasteiger partial charge in [0.1, 0.15) is 6.26 Å². The molecule has 2 rings (SSSR count). The lowest BCUT2D eigenvalue weighted by atomic mass is 10.3. The standard InChI is InChI=1S/C7H6N2O2/c1-5-8-7(11-9-5)6-2-3-10-4-6/h2-4H,1H3. The van der Waals surface area contributed by atoms with Gasteiger partial charge in [0.15, 0.2) is 5.82 Å². The predicted molar refractivity (Wildman–Crippen MR) is 36.7 cm³/mol. The number of rotatable bonds is 1. The van der Waals surface area contributed by atoms with Gasteiger partial charge in [-0.2, -0.15) is 4.98 Å². The van der Waals surface area contributed by atoms with Crippen molar-refractivity contribution in [3.8, 4) is 11.5 Å². The average Bonchev–Trinajstić information content (AvgIpc) is 2.55. The molecule has 0 amide bonds. The molecule has 56 valence electrons. The minimum atomic E-state index is 0.497. The van der Waals surface area contributed by atoms with Crippen molar-refractivity contribution in [1.82, 2.24) is 10.1 Å². The second-order valence-corrected chi connectivity index (χ2v) is 2.16. The first-order chi connectivity index (χ1) is 5.36. The highest BCUT2D eigenvalue weighted by atomic mass is 16.5. The van der Waals surface area contributed by atoms with Gasteiger partial charge in [-0.15, -0.1) is 0 Å². The van der Waals surface area contributed by atoms with E-state index in [2.05, 4.69) is 10.1 Å². The van der Waals surface area contributed by atoms with Crippen LogP contribution in [0, 0.1) is 6.92 Å². The maximum absolute atomic E-state index is 4.89. The number of hydrogen-bond acceptors (Lipinski definition) is 4. The molecule has 0 aliphatic carbocycles. The van der Waals surface area contributed by atoms with E-state index in [1.165, 1.54) is 0 Å². The molecule has 0 aromatic carbocycles. The van der Waals surface area contributed by atoms with Gasteiger partial charge in [0.2, 0.25) is 0 Å². The van der Waals surface area contributed by atoms with Gasteiger partial charge in [-0.3, -0.25) is 0 Å². The summed E-state index contributed by atoms with van der Waals surface area (Å²) in [5.41, 5.74) is 0.811. The van der Waals surface area contributed by atoms with Gasteiger partial charge in [-0.1, -0.05) is 5.16 Å². The van der Waals surface area contributed by atoms with E-state index in [0.29, 0.717) is 11.7 Å². The van der Waals surface area contributed by atoms with Crippen LogP contribution in [-0.2, 0) is 0 Å². The van der Waals surface area contributed by atoms with Crippen LogP contribution in [0.25, 0.3) is 11.5 Å². The van der Waals surface area contributed by atoms with E-state index in [1.54, 1.807) is 25.5 Å². The summed E-state index contributed by atoms with van der Waals surface area (Å²) in [6, 6.07) is 1.77. The monoisotopic (exact) mass is 150 g/mol. The Hall–Kier alpha value is -1.58. The molecule has 0 saturated heterocycles. The summed E-state index contributed by atoms with van der Waals surface area (Å²) in [5, 5.41) is 3.64. The molecular formula is C7H6N2O2. The summed E-state index contributed by atoms with van der Waals surface area (Å²) >= 11 is 0. The molecule has 4 heteroatoms. The molecule has 2 aromatic rings. The van der Waals surface area contributed by atoms with Crippen molar-refractivity contribution in [3.63, 3.8) is 0 Å². The second-order valence-electron chi connectivity index (χ2n) is 2.16. The fraction of sp³-hybridized carbons (Fsp3) is 0.143. The lowest BCUT2D eigenvalue weighted by Crippen LogP contribution is -1.72. The van der Waals surface area contributed by atoms with E-state index in [0.717, 1.165) is 5.56 Å². The average molecular weight is 150 g/mol. The second kappa shape index (κ2) is 2.23. The third-order valence-corrected chi connectivity index (χ3v) is 1.30. The first-order valence-corrected chi connectivity index (χ1v) is 3.19. The summed E-state index contributed by atoms with van der Waals surface area (Å²) in [6.45, 7) is 1.77. The Kier molecular flexibility index (Phi) is 1.25. The van der Waals surface area contributed by atoms with E-state index < -0.39 is 0 Å². The lowest BCUT2D eigenvalue weighted by molar-refractivity contribution is 0.425. The Morgan fingerprint density at radius 1 is 1.45 bits per heavy atom. The van der Waals surface area contributed by atoms with E-state index in [9.17, 15) is 0 Å². The SMILES string of the molecule is Cc1noc(-c2ccoc2)n1. The summed E-state index contributed by atoms with van der Waals surface area (Å²) < 4.78 is 9.74. The minimum absolute atomic E-state index is 0.497. The topological polar surface area (TPSA) is 52.1 Å². The molecule has 2 heterocycles. The molecule has 0 saturated carbocycles. The molecule has 4 nitrogen and oxygen atoms in total. The first-order valence-electron chi connectivity index (χ1n) is 3.19. The van der Waals surface area contributed by atoms with Crippen molar-refractivity contribution < 1.29 is 8.94 Å². The van der Waals surface area contributed by atoms with Gasteiger partial charge in [0.25, 0.3) is 5.89 Å². The molecule has 0 bridgehead atoms. The molecule has 0 fully saturated rings. The smallest absolute Gasteiger partial charge is 0.261 e. The number of nitrogens with zero attached hydrogens (tertiary/aromatic N) is 2. The highest BCUT2D eigenvalue weighted by molar-refractivity contribution is 5.49. The summed E-state index contributed by atoms with van der Waals surface area (Å²) in [4.78, 5) is 4.02. The molecule has 0 N–H and O–H groups in total. The van der Waals surface area contributed by atoms with E-state index in [4.69, 9.17) is 8.94 Å². The van der Waals surface area contributed by atoms with Crippen LogP contribution in [0.2, 0.25) is 0 Å². The van der Waals surface area contributed by atoms with Gasteiger partial charge in [0, 0.05) is 0 Å². The van der Waals surface area contributed by atoms with Gasteiger partial charge in [-0.05, 0) is 13.0 Å². The van der Waals surface area contributed by atoms with Crippen LogP contribution in [0.1, 0.15) is 5.82 Å². The molecule has 0 aliphatic rings. The van der Waals surface area contributed by atoms with Crippen LogP contribution in [0.3, 0.4) is 0 Å². The van der Waals surface area contributed by atoms with Gasteiger partial charge < -0.3 is 8.94 Å². The Balaban J connectivity index is 2.45. The quantitative estimate of drug-likeness (QED) is 0.620. The Bertz CT molecular complexity index is 337. The molecule has 0 unspecified atom stereocenters. The fourth-order valence-corrected chi connectivity index (χ4v) is 0.800. The van der Waals surface area contributed by atoms with E-state index in [1.807, 2.05) is 0 Å². The summed E-state index contributed by atoms with van der Waals surface area (Å²) in [5.74, 6) is 1.12. The lowest BCUT2D eigenvalue weighted by Gasteiger charge is -1.79. The van der Waals surface area contributed by atoms with Crippen LogP contribution >= 0.6 is 0 Å². The molecule has 0 spiro atoms. The third-order valence-electron chi connectivity index (χ3n) is 1.30. The molecular weight excluding hydrogens is 144 g/mol. The van der Waals surface area contributed by atoms with Crippen LogP contribution < -0.4 is 0 Å². The van der Waals surface area contributed by atoms with Gasteiger partial charge >= 0.3 is 0 Å². The van der Waals surface area contributed by atoms with Crippen molar-refractivity contribution in [2.75, 3.05) is 0 Å². The van der Waals surface area contributed by atoms with Crippen molar-refractivity contribution in [1.29, 1.82) is 0 Å². The summed E-state index contributed by atoms with van der Waals surface area (Å²) in [7, 11) is 0. The Labute approximate surface area is 62.8 Å². The van der Waals surface area contributed by atoms with Crippen LogP contribution in [0.4, 0.5) is 0 Å². The van der Waals surface area contributed by atoms with Crippen molar-refractivity contribution in [3.05, 3.63) is 24.4 Å². The van der Waals surface area contributed by atoms with Gasteiger partial charge in [0.05, 0.1) is 11.8 Å². The minimum Gasteiger partial charge on any atom is -0.472 e. The Morgan fingerprint density at radius 3 is 2.91 bits per heavy atom. The highest BCUT2D eigenvalue weighted by Gasteiger charge is 2.05. The highest BCUT2D eigenvalue weighted by Crippen LogP contribution is 2.16. The zero-order valence-electron chi connectivity index (χ0n) is 5.94. The molecule has 11 heavy (non-hydrogen) atoms. The molecule has 2 aromatic heterocycles. The van der Waals surface area contributed by atoms with E-state index in [-0.39, 0.29) is 0 Å². The number of aryl methyl sites for hydroxylation is 1. The zero-order chi connectivity index (χ0) is 7.68. The van der Waals surface area contributed by atoms with Crippen LogP contribution in [0.15, 0.2) is 27.5 Å². The summed E-state index contributed by atoms with van der Waals surface area (Å²) in [6.07, 6.45) is 3.13. The number of hydrogen-bond donors (Lipinski definition) is 0. The van der Waals surface area contributed by atoms with Crippen molar-refractivity contribution >= 4 is 0 Å². The largest absolute Gasteiger partial charge is 0.472 e. The van der Waals surface area contributed by atoms with Crippen molar-refractivity contribution in [2.45, 2.75) is 6.92 Å². The number of furan rings is 1. The molecule has 0 atom stereocenters. The Morgan fingerprint density at radius 2 is 2.36 bits per heavy atom. The normalized spacial score (nSPS) is 10.3. The first kappa shape index (κ1) is 6.15. The van der Waals surface area contributed by atoms with Gasteiger partial charge in [-0.25, -0.2) is 0 Å². The third kappa shape index (κ3) is 1.02. The predicted octanol–water partition coefficient (Wildman–Crippen LogP) is 1.64. The maximum atomic E-state index is 4.89.